The number of halogens is 4. The second-order valence-electron chi connectivity index (χ2n) is 0. The summed E-state index contributed by atoms with van der Waals surface area (Å²) in [5.41, 5.74) is 0. The smallest absolute Gasteiger partial charge is 0 e. The Kier molecular flexibility index (Phi) is 312000. The molecule has 0 amide bonds. The maximum absolute atomic E-state index is 0. The van der Waals surface area contributed by atoms with Gasteiger partial charge < -0.3 is 18.8 Å². The van der Waals surface area contributed by atoms with E-state index in [0.717, 1.165) is 0 Å². The topological polar surface area (TPSA) is 0 Å². The fraction of sp³-hybridized carbons (Fsp3) is 0. The van der Waals surface area contributed by atoms with Crippen molar-refractivity contribution in [3.05, 3.63) is 0 Å². The molecule has 0 fully saturated rings. The minimum absolute atomic E-state index is 0. The van der Waals surface area contributed by atoms with Crippen LogP contribution in [0, 0.1) is 0 Å². The van der Waals surface area contributed by atoms with Gasteiger partial charge in [-0.15, -0.1) is 0 Å². The van der Waals surface area contributed by atoms with E-state index < -0.39 is 0 Å². The van der Waals surface area contributed by atoms with E-state index in [-0.39, 0.29) is 35.6 Å². The van der Waals surface area contributed by atoms with Crippen molar-refractivity contribution >= 4 is 0 Å². The minimum atomic E-state index is 0. The van der Waals surface area contributed by atoms with Crippen LogP contribution in [0.15, 0.2) is 0 Å². The molecule has 0 saturated heterocycles. The Balaban J connectivity index is 0. The molecular weight excluding hydrogens is 135 g/mol. The van der Waals surface area contributed by atoms with Gasteiger partial charge in [0.05, 0.1) is 0 Å². The summed E-state index contributed by atoms with van der Waals surface area (Å²) in [5, 5.41) is 0. The first-order chi connectivity index (χ1) is 0. The molecule has 41 valence electrons. The van der Waals surface area contributed by atoms with Gasteiger partial charge in [0, 0.05) is 16.8 Å². The normalized spacial score (nSPS) is 0. The average Bonchev–Trinajstić information content (AvgIpc) is 0. The molecule has 0 aromatic heterocycles. The van der Waals surface area contributed by atoms with Gasteiger partial charge in [-0.3, -0.25) is 0 Å². The Labute approximate surface area is 36.6 Å². The third-order valence-corrected chi connectivity index (χ3v) is 0. The largest absolute Gasteiger partial charge is 1.00 e. The molecule has 0 saturated carbocycles. The average molecular weight is 135 g/mol. The first kappa shape index (κ1) is 1820. The molecule has 0 heterocycles. The number of hydrogen-bond donors (Lipinski definition) is 0. The van der Waals surface area contributed by atoms with Gasteiger partial charge in [0.2, 0.25) is 0 Å². The van der Waals surface area contributed by atoms with Crippen molar-refractivity contribution in [1.82, 2.24) is 0 Å². The molecule has 0 aromatic rings. The molecule has 0 aliphatic rings. The van der Waals surface area contributed by atoms with E-state index in [1.54, 1.807) is 0 Å². The van der Waals surface area contributed by atoms with Crippen molar-refractivity contribution in [2.24, 2.45) is 0 Å². The SMILES string of the molecule is [Co].[F-].[F-].[F-].[F-]. The summed E-state index contributed by atoms with van der Waals surface area (Å²) in [6.45, 7) is 0. The van der Waals surface area contributed by atoms with E-state index in [0.29, 0.717) is 0 Å². The van der Waals surface area contributed by atoms with E-state index in [2.05, 4.69) is 0 Å². The van der Waals surface area contributed by atoms with Gasteiger partial charge in [-0.2, -0.15) is 0 Å². The summed E-state index contributed by atoms with van der Waals surface area (Å²) in [7, 11) is 0. The van der Waals surface area contributed by atoms with E-state index >= 15 is 0 Å². The molecule has 0 spiro atoms. The fourth-order valence-corrected chi connectivity index (χ4v) is 0. The van der Waals surface area contributed by atoms with Gasteiger partial charge in [0.15, 0.2) is 0 Å². The number of hydrogen-bond acceptors (Lipinski definition) is 0. The van der Waals surface area contributed by atoms with Crippen LogP contribution in [0.1, 0.15) is 0 Å². The molecule has 0 N–H and O–H groups in total. The van der Waals surface area contributed by atoms with Gasteiger partial charge in [-0.05, 0) is 0 Å². The molecule has 1 radical (unpaired) electrons. The Morgan fingerprint density at radius 2 is 0.400 bits per heavy atom. The predicted molar refractivity (Wildman–Crippen MR) is 0 cm³/mol. The molecule has 0 rings (SSSR count). The molecule has 0 aliphatic carbocycles. The summed E-state index contributed by atoms with van der Waals surface area (Å²) < 4.78 is 0. The van der Waals surface area contributed by atoms with Crippen molar-refractivity contribution in [1.29, 1.82) is 0 Å². The first-order valence-electron chi connectivity index (χ1n) is 0. The molecular formula is CoF4-4. The zero-order valence-corrected chi connectivity index (χ0v) is 2.89. The zero-order valence-electron chi connectivity index (χ0n) is 1.85. The summed E-state index contributed by atoms with van der Waals surface area (Å²) in [5.74, 6) is 0. The van der Waals surface area contributed by atoms with Crippen LogP contribution in [-0.2, 0) is 16.8 Å². The predicted octanol–water partition coefficient (Wildman–Crippen LogP) is -12.0. The van der Waals surface area contributed by atoms with Crippen molar-refractivity contribution in [3.8, 4) is 0 Å². The first-order valence-corrected chi connectivity index (χ1v) is 0. The molecule has 0 nitrogen and oxygen atoms in total. The second kappa shape index (κ2) is 858. The molecule has 5 heavy (non-hydrogen) atoms. The maximum atomic E-state index is 0. The monoisotopic (exact) mass is 135 g/mol. The van der Waals surface area contributed by atoms with Gasteiger partial charge in [0.1, 0.15) is 0 Å². The van der Waals surface area contributed by atoms with Gasteiger partial charge in [-0.25, -0.2) is 0 Å². The van der Waals surface area contributed by atoms with Gasteiger partial charge >= 0.3 is 0 Å². The maximum Gasteiger partial charge on any atom is 0 e. The molecule has 0 unspecified atom stereocenters. The Hall–Kier alpha value is 0.226. The van der Waals surface area contributed by atoms with E-state index in [4.69, 9.17) is 0 Å². The summed E-state index contributed by atoms with van der Waals surface area (Å²) in [6, 6.07) is 0. The number of rotatable bonds is 0. The quantitative estimate of drug-likeness (QED) is 0.289. The summed E-state index contributed by atoms with van der Waals surface area (Å²) in [6.07, 6.45) is 0. The van der Waals surface area contributed by atoms with Crippen molar-refractivity contribution in [3.63, 3.8) is 0 Å². The van der Waals surface area contributed by atoms with Crippen LogP contribution in [0.25, 0.3) is 0 Å². The van der Waals surface area contributed by atoms with Crippen molar-refractivity contribution in [2.75, 3.05) is 0 Å². The Bertz CT molecular complexity index is 3.61. The molecule has 5 heteroatoms. The van der Waals surface area contributed by atoms with Crippen molar-refractivity contribution in [2.45, 2.75) is 0 Å². The van der Waals surface area contributed by atoms with Crippen LogP contribution in [0.2, 0.25) is 0 Å². The minimum Gasteiger partial charge on any atom is -1.00 e. The van der Waals surface area contributed by atoms with Crippen LogP contribution in [0.4, 0.5) is 0 Å². The zero-order chi connectivity index (χ0) is 0. The van der Waals surface area contributed by atoms with E-state index in [1.807, 2.05) is 0 Å². The van der Waals surface area contributed by atoms with E-state index in [1.165, 1.54) is 0 Å². The third kappa shape index (κ3) is 408. The molecule has 0 aliphatic heterocycles. The van der Waals surface area contributed by atoms with E-state index in [9.17, 15) is 0 Å². The van der Waals surface area contributed by atoms with Gasteiger partial charge in [-0.1, -0.05) is 0 Å². The fourth-order valence-electron chi connectivity index (χ4n) is 0. The summed E-state index contributed by atoms with van der Waals surface area (Å²) in [4.78, 5) is 0. The third-order valence-electron chi connectivity index (χ3n) is 0. The molecule has 0 atom stereocenters. The standard InChI is InChI=1S/Co.4FH/h;4*1H/p-4. The van der Waals surface area contributed by atoms with Crippen LogP contribution in [0.5, 0.6) is 0 Å². The van der Waals surface area contributed by atoms with Crippen LogP contribution < -0.4 is 18.8 Å². The summed E-state index contributed by atoms with van der Waals surface area (Å²) >= 11 is 0. The molecule has 0 bridgehead atoms. The van der Waals surface area contributed by atoms with Crippen LogP contribution in [-0.4, -0.2) is 0 Å². The van der Waals surface area contributed by atoms with Crippen LogP contribution in [0.3, 0.4) is 0 Å². The second-order valence-corrected chi connectivity index (χ2v) is 0. The van der Waals surface area contributed by atoms with Crippen molar-refractivity contribution < 1.29 is 35.6 Å². The Morgan fingerprint density at radius 3 is 0.400 bits per heavy atom. The Morgan fingerprint density at radius 1 is 0.400 bits per heavy atom. The van der Waals surface area contributed by atoms with Gasteiger partial charge in [0.25, 0.3) is 0 Å². The van der Waals surface area contributed by atoms with Crippen LogP contribution >= 0.6 is 0 Å². The molecule has 0 aromatic carbocycles.